The van der Waals surface area contributed by atoms with Gasteiger partial charge in [-0.2, -0.15) is 5.26 Å². The molecule has 0 spiro atoms. The van der Waals surface area contributed by atoms with Crippen LogP contribution in [0.4, 0.5) is 0 Å². The van der Waals surface area contributed by atoms with Crippen LogP contribution < -0.4 is 0 Å². The Hall–Kier alpha value is -2.82. The first kappa shape index (κ1) is 19.0. The summed E-state index contributed by atoms with van der Waals surface area (Å²) in [5.41, 5.74) is 0. The smallest absolute Gasteiger partial charge is 0.350 e. The number of rotatable bonds is 7. The van der Waals surface area contributed by atoms with E-state index in [1.54, 1.807) is 12.1 Å². The predicted octanol–water partition coefficient (Wildman–Crippen LogP) is 4.25. The largest absolute Gasteiger partial charge is 0.467 e. The molecule has 0 bridgehead atoms. The topological polar surface area (TPSA) is 83.5 Å². The minimum absolute atomic E-state index is 0.169. The van der Waals surface area contributed by atoms with Crippen LogP contribution in [0.15, 0.2) is 47.1 Å². The van der Waals surface area contributed by atoms with Crippen molar-refractivity contribution in [3.8, 4) is 6.07 Å². The molecule has 0 aliphatic heterocycles. The fourth-order valence-electron chi connectivity index (χ4n) is 2.50. The third-order valence-corrected chi connectivity index (χ3v) is 5.48. The van der Waals surface area contributed by atoms with Crippen LogP contribution in [0.25, 0.3) is 10.1 Å². The van der Waals surface area contributed by atoms with E-state index in [4.69, 9.17) is 26.0 Å². The fraction of sp³-hybridized carbons (Fsp3) is 0.211. The Labute approximate surface area is 164 Å². The number of nitriles is 1. The third-order valence-electron chi connectivity index (χ3n) is 3.82. The van der Waals surface area contributed by atoms with Gasteiger partial charge in [-0.3, -0.25) is 4.79 Å². The zero-order chi connectivity index (χ0) is 19.2. The summed E-state index contributed by atoms with van der Waals surface area (Å²) in [5, 5.41) is 9.88. The fourth-order valence-corrected chi connectivity index (χ4v) is 3.90. The molecule has 1 aromatic carbocycles. The van der Waals surface area contributed by atoms with Crippen LogP contribution in [0.5, 0.6) is 0 Å². The van der Waals surface area contributed by atoms with Crippen LogP contribution in [-0.2, 0) is 16.1 Å². The molecule has 0 saturated heterocycles. The number of carbonyl (C=O) groups excluding carboxylic acids is 2. The number of hydrogen-bond donors (Lipinski definition) is 0. The maximum absolute atomic E-state index is 12.4. The average Bonchev–Trinajstić information content (AvgIpc) is 3.31. The molecule has 8 heteroatoms. The quantitative estimate of drug-likeness (QED) is 0.552. The number of ether oxygens (including phenoxy) is 1. The normalized spacial score (nSPS) is 10.5. The van der Waals surface area contributed by atoms with Crippen LogP contribution in [0.3, 0.4) is 0 Å². The molecule has 1 amide bonds. The number of carbonyl (C=O) groups is 2. The number of furan rings is 1. The Kier molecular flexibility index (Phi) is 6.12. The maximum atomic E-state index is 12.4. The van der Waals surface area contributed by atoms with E-state index in [0.29, 0.717) is 10.8 Å². The Morgan fingerprint density at radius 3 is 2.78 bits per heavy atom. The van der Waals surface area contributed by atoms with Crippen molar-refractivity contribution in [1.82, 2.24) is 4.90 Å². The van der Waals surface area contributed by atoms with E-state index in [1.165, 1.54) is 22.5 Å². The molecule has 3 rings (SSSR count). The van der Waals surface area contributed by atoms with Gasteiger partial charge in [-0.15, -0.1) is 11.3 Å². The summed E-state index contributed by atoms with van der Waals surface area (Å²) < 4.78 is 11.3. The van der Waals surface area contributed by atoms with E-state index in [1.807, 2.05) is 30.3 Å². The van der Waals surface area contributed by atoms with Gasteiger partial charge in [-0.25, -0.2) is 4.79 Å². The molecule has 2 heterocycles. The van der Waals surface area contributed by atoms with Gasteiger partial charge in [0.05, 0.1) is 30.3 Å². The first-order valence-electron chi connectivity index (χ1n) is 8.11. The van der Waals surface area contributed by atoms with Gasteiger partial charge in [-0.05, 0) is 18.2 Å². The summed E-state index contributed by atoms with van der Waals surface area (Å²) >= 11 is 7.48. The van der Waals surface area contributed by atoms with Gasteiger partial charge >= 0.3 is 5.97 Å². The molecule has 27 heavy (non-hydrogen) atoms. The van der Waals surface area contributed by atoms with E-state index < -0.39 is 18.5 Å². The molecule has 0 aliphatic carbocycles. The number of benzene rings is 1. The first-order chi connectivity index (χ1) is 13.1. The van der Waals surface area contributed by atoms with Gasteiger partial charge < -0.3 is 14.1 Å². The molecule has 138 valence electrons. The van der Waals surface area contributed by atoms with Crippen molar-refractivity contribution in [1.29, 1.82) is 5.26 Å². The van der Waals surface area contributed by atoms with Gasteiger partial charge in [-0.1, -0.05) is 29.8 Å². The summed E-state index contributed by atoms with van der Waals surface area (Å²) in [6.07, 6.45) is 1.67. The van der Waals surface area contributed by atoms with Crippen LogP contribution in [0.1, 0.15) is 21.9 Å². The molecule has 0 aliphatic rings. The standard InChI is InChI=1S/C19H15ClN2O4S/c20-17-14-6-1-2-7-15(14)27-18(17)19(24)26-12-16(23)22(9-4-8-21)11-13-5-3-10-25-13/h1-3,5-7,10H,4,9,11-12H2. The number of amides is 1. The third kappa shape index (κ3) is 4.48. The van der Waals surface area contributed by atoms with Crippen LogP contribution >= 0.6 is 22.9 Å². The zero-order valence-electron chi connectivity index (χ0n) is 14.2. The van der Waals surface area contributed by atoms with Crippen molar-refractivity contribution in [3.63, 3.8) is 0 Å². The summed E-state index contributed by atoms with van der Waals surface area (Å²) in [6.45, 7) is -0.0124. The molecule has 0 unspecified atom stereocenters. The van der Waals surface area contributed by atoms with Crippen molar-refractivity contribution in [2.45, 2.75) is 13.0 Å². The lowest BCUT2D eigenvalue weighted by atomic mass is 10.2. The molecule has 2 aromatic heterocycles. The van der Waals surface area contributed by atoms with E-state index >= 15 is 0 Å². The Bertz CT molecular complexity index is 991. The molecule has 0 fully saturated rings. The number of hydrogen-bond acceptors (Lipinski definition) is 6. The van der Waals surface area contributed by atoms with E-state index in [-0.39, 0.29) is 24.4 Å². The van der Waals surface area contributed by atoms with Gasteiger partial charge in [0.2, 0.25) is 0 Å². The highest BCUT2D eigenvalue weighted by Gasteiger charge is 2.21. The van der Waals surface area contributed by atoms with E-state index in [9.17, 15) is 9.59 Å². The Morgan fingerprint density at radius 2 is 2.07 bits per heavy atom. The minimum atomic E-state index is -0.646. The van der Waals surface area contributed by atoms with Crippen LogP contribution in [0, 0.1) is 11.3 Å². The van der Waals surface area contributed by atoms with Crippen molar-refractivity contribution >= 4 is 44.9 Å². The van der Waals surface area contributed by atoms with Gasteiger partial charge in [0.1, 0.15) is 10.6 Å². The summed E-state index contributed by atoms with van der Waals surface area (Å²) in [4.78, 5) is 26.5. The van der Waals surface area contributed by atoms with E-state index in [0.717, 1.165) is 10.1 Å². The number of nitrogens with zero attached hydrogens (tertiary/aromatic N) is 2. The van der Waals surface area contributed by atoms with Crippen LogP contribution in [-0.4, -0.2) is 29.9 Å². The lowest BCUT2D eigenvalue weighted by molar-refractivity contribution is -0.135. The summed E-state index contributed by atoms with van der Waals surface area (Å²) in [7, 11) is 0. The molecular formula is C19H15ClN2O4S. The number of thiophene rings is 1. The molecule has 0 radical (unpaired) electrons. The van der Waals surface area contributed by atoms with Gasteiger partial charge in [0.25, 0.3) is 5.91 Å². The molecular weight excluding hydrogens is 388 g/mol. The SMILES string of the molecule is N#CCCN(Cc1ccco1)C(=O)COC(=O)c1sc2ccccc2c1Cl. The second-order valence-corrected chi connectivity index (χ2v) is 7.05. The van der Waals surface area contributed by atoms with Crippen LogP contribution in [0.2, 0.25) is 5.02 Å². The minimum Gasteiger partial charge on any atom is -0.467 e. The highest BCUT2D eigenvalue weighted by Crippen LogP contribution is 2.35. The Balaban J connectivity index is 1.65. The molecule has 0 saturated carbocycles. The number of esters is 1. The molecule has 3 aromatic rings. The molecule has 0 N–H and O–H groups in total. The lowest BCUT2D eigenvalue weighted by Crippen LogP contribution is -2.34. The summed E-state index contributed by atoms with van der Waals surface area (Å²) in [5.74, 6) is -0.472. The summed E-state index contributed by atoms with van der Waals surface area (Å²) in [6, 6.07) is 12.8. The second kappa shape index (κ2) is 8.71. The van der Waals surface area contributed by atoms with Gasteiger partial charge in [0, 0.05) is 16.6 Å². The molecule has 6 nitrogen and oxygen atoms in total. The monoisotopic (exact) mass is 402 g/mol. The van der Waals surface area contributed by atoms with Gasteiger partial charge in [0.15, 0.2) is 6.61 Å². The van der Waals surface area contributed by atoms with E-state index in [2.05, 4.69) is 0 Å². The predicted molar refractivity (Wildman–Crippen MR) is 101 cm³/mol. The highest BCUT2D eigenvalue weighted by molar-refractivity contribution is 7.21. The van der Waals surface area contributed by atoms with Crippen molar-refractivity contribution in [2.24, 2.45) is 0 Å². The van der Waals surface area contributed by atoms with Crippen molar-refractivity contribution in [3.05, 3.63) is 58.3 Å². The maximum Gasteiger partial charge on any atom is 0.350 e. The second-order valence-electron chi connectivity index (χ2n) is 5.62. The number of fused-ring (bicyclic) bond motifs is 1. The molecule has 0 atom stereocenters. The average molecular weight is 403 g/mol. The first-order valence-corrected chi connectivity index (χ1v) is 9.31. The van der Waals surface area contributed by atoms with Crippen molar-refractivity contribution < 1.29 is 18.7 Å². The number of halogens is 1. The lowest BCUT2D eigenvalue weighted by Gasteiger charge is -2.20. The van der Waals surface area contributed by atoms with Crippen molar-refractivity contribution in [2.75, 3.05) is 13.2 Å². The highest BCUT2D eigenvalue weighted by atomic mass is 35.5. The Morgan fingerprint density at radius 1 is 1.26 bits per heavy atom. The zero-order valence-corrected chi connectivity index (χ0v) is 15.8.